The van der Waals surface area contributed by atoms with Crippen molar-refractivity contribution in [2.45, 2.75) is 23.8 Å². The molecule has 0 aliphatic heterocycles. The average Bonchev–Trinajstić information content (AvgIpc) is 3.02. The van der Waals surface area contributed by atoms with Crippen LogP contribution in [0.25, 0.3) is 0 Å². The Morgan fingerprint density at radius 3 is 2.40 bits per heavy atom. The molecule has 25 heavy (non-hydrogen) atoms. The molecule has 6 nitrogen and oxygen atoms in total. The summed E-state index contributed by atoms with van der Waals surface area (Å²) >= 11 is 0. The number of fused-ring (bicyclic) bond motifs is 1. The molecule has 0 heterocycles. The fraction of sp³-hybridized carbons (Fsp3) is 0.333. The van der Waals surface area contributed by atoms with Gasteiger partial charge in [-0.1, -0.05) is 6.07 Å². The Bertz CT molecular complexity index is 879. The molecular formula is C18H21NO5S. The van der Waals surface area contributed by atoms with Crippen LogP contribution < -0.4 is 18.9 Å². The number of rotatable bonds is 6. The van der Waals surface area contributed by atoms with Gasteiger partial charge in [0.2, 0.25) is 10.0 Å². The highest BCUT2D eigenvalue weighted by atomic mass is 32.2. The summed E-state index contributed by atoms with van der Waals surface area (Å²) in [6.45, 7) is 0. The normalized spacial score (nSPS) is 16.4. The van der Waals surface area contributed by atoms with Crippen molar-refractivity contribution in [2.75, 3.05) is 21.3 Å². The Hall–Kier alpha value is -2.25. The minimum Gasteiger partial charge on any atom is -0.497 e. The third-order valence-corrected chi connectivity index (χ3v) is 5.86. The van der Waals surface area contributed by atoms with Crippen LogP contribution in [0.1, 0.15) is 23.6 Å². The van der Waals surface area contributed by atoms with E-state index in [2.05, 4.69) is 4.72 Å². The molecule has 0 aromatic heterocycles. The number of methoxy groups -OCH3 is 3. The highest BCUT2D eigenvalue weighted by molar-refractivity contribution is 7.89. The summed E-state index contributed by atoms with van der Waals surface area (Å²) in [4.78, 5) is 0.140. The SMILES string of the molecule is COc1ccc2c(c1)C(NS(=O)(=O)c1ccc(OC)c(OC)c1)CC2. The molecule has 0 saturated carbocycles. The zero-order chi connectivity index (χ0) is 18.0. The fourth-order valence-electron chi connectivity index (χ4n) is 3.07. The maximum atomic E-state index is 12.8. The van der Waals surface area contributed by atoms with Crippen LogP contribution in [0.4, 0.5) is 0 Å². The quantitative estimate of drug-likeness (QED) is 0.854. The van der Waals surface area contributed by atoms with E-state index >= 15 is 0 Å². The molecule has 1 aliphatic rings. The van der Waals surface area contributed by atoms with Crippen molar-refractivity contribution in [3.8, 4) is 17.2 Å². The Morgan fingerprint density at radius 1 is 0.960 bits per heavy atom. The van der Waals surface area contributed by atoms with Gasteiger partial charge in [0.1, 0.15) is 5.75 Å². The summed E-state index contributed by atoms with van der Waals surface area (Å²) < 4.78 is 44.0. The Labute approximate surface area is 147 Å². The first-order valence-electron chi connectivity index (χ1n) is 7.89. The second kappa shape index (κ2) is 6.93. The van der Waals surface area contributed by atoms with E-state index in [0.29, 0.717) is 11.5 Å². The van der Waals surface area contributed by atoms with Gasteiger partial charge in [0, 0.05) is 12.1 Å². The molecule has 2 aromatic carbocycles. The van der Waals surface area contributed by atoms with E-state index in [1.165, 1.54) is 26.4 Å². The van der Waals surface area contributed by atoms with Crippen molar-refractivity contribution in [3.63, 3.8) is 0 Å². The van der Waals surface area contributed by atoms with Gasteiger partial charge < -0.3 is 14.2 Å². The summed E-state index contributed by atoms with van der Waals surface area (Å²) in [7, 11) is 0.887. The summed E-state index contributed by atoms with van der Waals surface area (Å²) in [5, 5.41) is 0. The number of hydrogen-bond acceptors (Lipinski definition) is 5. The van der Waals surface area contributed by atoms with Gasteiger partial charge in [-0.25, -0.2) is 13.1 Å². The number of hydrogen-bond donors (Lipinski definition) is 1. The van der Waals surface area contributed by atoms with Gasteiger partial charge in [-0.3, -0.25) is 0 Å². The van der Waals surface area contributed by atoms with Gasteiger partial charge in [0.15, 0.2) is 11.5 Å². The van der Waals surface area contributed by atoms with Crippen LogP contribution in [0.5, 0.6) is 17.2 Å². The second-order valence-corrected chi connectivity index (χ2v) is 7.51. The molecule has 0 spiro atoms. The molecule has 3 rings (SSSR count). The topological polar surface area (TPSA) is 73.9 Å². The zero-order valence-electron chi connectivity index (χ0n) is 14.4. The predicted octanol–water partition coefficient (Wildman–Crippen LogP) is 2.68. The van der Waals surface area contributed by atoms with E-state index in [1.54, 1.807) is 13.2 Å². The van der Waals surface area contributed by atoms with Crippen molar-refractivity contribution in [1.29, 1.82) is 0 Å². The summed E-state index contributed by atoms with van der Waals surface area (Å²) in [6, 6.07) is 10.0. The molecule has 1 N–H and O–H groups in total. The first-order valence-corrected chi connectivity index (χ1v) is 9.38. The number of benzene rings is 2. The molecule has 0 radical (unpaired) electrons. The zero-order valence-corrected chi connectivity index (χ0v) is 15.2. The Kier molecular flexibility index (Phi) is 4.87. The van der Waals surface area contributed by atoms with E-state index in [4.69, 9.17) is 14.2 Å². The molecule has 1 atom stereocenters. The molecule has 7 heteroatoms. The van der Waals surface area contributed by atoms with Crippen LogP contribution in [0.3, 0.4) is 0 Å². The first kappa shape index (κ1) is 17.6. The van der Waals surface area contributed by atoms with Crippen molar-refractivity contribution < 1.29 is 22.6 Å². The molecule has 1 aliphatic carbocycles. The van der Waals surface area contributed by atoms with Crippen LogP contribution in [-0.2, 0) is 16.4 Å². The lowest BCUT2D eigenvalue weighted by Crippen LogP contribution is -2.27. The monoisotopic (exact) mass is 363 g/mol. The maximum Gasteiger partial charge on any atom is 0.241 e. The summed E-state index contributed by atoms with van der Waals surface area (Å²) in [5.41, 5.74) is 2.10. The van der Waals surface area contributed by atoms with Gasteiger partial charge in [-0.05, 0) is 48.2 Å². The fourth-order valence-corrected chi connectivity index (χ4v) is 4.33. The van der Waals surface area contributed by atoms with E-state index in [1.807, 2.05) is 18.2 Å². The minimum atomic E-state index is -3.69. The minimum absolute atomic E-state index is 0.140. The number of aryl methyl sites for hydroxylation is 1. The molecule has 2 aromatic rings. The third-order valence-electron chi connectivity index (χ3n) is 4.39. The number of ether oxygens (including phenoxy) is 3. The lowest BCUT2D eigenvalue weighted by atomic mass is 10.1. The van der Waals surface area contributed by atoms with Crippen LogP contribution in [0.2, 0.25) is 0 Å². The average molecular weight is 363 g/mol. The van der Waals surface area contributed by atoms with Crippen molar-refractivity contribution in [2.24, 2.45) is 0 Å². The van der Waals surface area contributed by atoms with Crippen molar-refractivity contribution in [3.05, 3.63) is 47.5 Å². The largest absolute Gasteiger partial charge is 0.497 e. The molecule has 0 fully saturated rings. The van der Waals surface area contributed by atoms with E-state index in [-0.39, 0.29) is 10.9 Å². The smallest absolute Gasteiger partial charge is 0.241 e. The molecule has 0 amide bonds. The van der Waals surface area contributed by atoms with Crippen LogP contribution in [0.15, 0.2) is 41.3 Å². The molecule has 0 bridgehead atoms. The van der Waals surface area contributed by atoms with Gasteiger partial charge in [0.05, 0.1) is 26.2 Å². The van der Waals surface area contributed by atoms with Crippen LogP contribution in [-0.4, -0.2) is 29.7 Å². The highest BCUT2D eigenvalue weighted by Gasteiger charge is 2.28. The second-order valence-electron chi connectivity index (χ2n) is 5.79. The summed E-state index contributed by atoms with van der Waals surface area (Å²) in [5.74, 6) is 1.58. The lowest BCUT2D eigenvalue weighted by molar-refractivity contribution is 0.354. The third kappa shape index (κ3) is 3.43. The molecular weight excluding hydrogens is 342 g/mol. The van der Waals surface area contributed by atoms with Gasteiger partial charge in [0.25, 0.3) is 0 Å². The maximum absolute atomic E-state index is 12.8. The first-order chi connectivity index (χ1) is 12.0. The predicted molar refractivity (Wildman–Crippen MR) is 93.9 cm³/mol. The number of sulfonamides is 1. The van der Waals surface area contributed by atoms with Gasteiger partial charge >= 0.3 is 0 Å². The van der Waals surface area contributed by atoms with Gasteiger partial charge in [-0.15, -0.1) is 0 Å². The highest BCUT2D eigenvalue weighted by Crippen LogP contribution is 2.35. The Balaban J connectivity index is 1.89. The van der Waals surface area contributed by atoms with Crippen molar-refractivity contribution >= 4 is 10.0 Å². The number of nitrogens with one attached hydrogen (secondary N) is 1. The van der Waals surface area contributed by atoms with E-state index in [9.17, 15) is 8.42 Å². The molecule has 0 saturated heterocycles. The summed E-state index contributed by atoms with van der Waals surface area (Å²) in [6.07, 6.45) is 1.55. The standard InChI is InChI=1S/C18H21NO5S/c1-22-13-6-4-12-5-8-16(15(12)10-13)19-25(20,21)14-7-9-17(23-2)18(11-14)24-3/h4,6-7,9-11,16,19H,5,8H2,1-3H3. The lowest BCUT2D eigenvalue weighted by Gasteiger charge is -2.16. The van der Waals surface area contributed by atoms with E-state index in [0.717, 1.165) is 29.7 Å². The van der Waals surface area contributed by atoms with Crippen molar-refractivity contribution in [1.82, 2.24) is 4.72 Å². The molecule has 1 unspecified atom stereocenters. The van der Waals surface area contributed by atoms with Crippen LogP contribution in [0, 0.1) is 0 Å². The van der Waals surface area contributed by atoms with Crippen LogP contribution >= 0.6 is 0 Å². The Morgan fingerprint density at radius 2 is 1.72 bits per heavy atom. The molecule has 134 valence electrons. The van der Waals surface area contributed by atoms with E-state index < -0.39 is 10.0 Å². The van der Waals surface area contributed by atoms with Gasteiger partial charge in [-0.2, -0.15) is 0 Å².